The number of aromatic nitrogens is 6. The highest BCUT2D eigenvalue weighted by Crippen LogP contribution is 2.33. The van der Waals surface area contributed by atoms with Crippen LogP contribution in [0, 0.1) is 0 Å². The van der Waals surface area contributed by atoms with Crippen molar-refractivity contribution in [1.29, 1.82) is 0 Å². The van der Waals surface area contributed by atoms with Crippen LogP contribution in [-0.2, 0) is 0 Å². The van der Waals surface area contributed by atoms with Crippen LogP contribution in [0.1, 0.15) is 0 Å². The fraction of sp³-hybridized carbons (Fsp3) is 0.0526. The first kappa shape index (κ1) is 15.3. The molecule has 0 saturated carbocycles. The van der Waals surface area contributed by atoms with Crippen molar-refractivity contribution in [3.8, 4) is 11.1 Å². The summed E-state index contributed by atoms with van der Waals surface area (Å²) in [6, 6.07) is 9.88. The number of rotatable bonds is 4. The van der Waals surface area contributed by atoms with Crippen LogP contribution in [0.5, 0.6) is 0 Å². The van der Waals surface area contributed by atoms with Gasteiger partial charge in [-0.15, -0.1) is 0 Å². The van der Waals surface area contributed by atoms with Gasteiger partial charge in [0.15, 0.2) is 0 Å². The van der Waals surface area contributed by atoms with Crippen LogP contribution in [0.4, 0.5) is 17.5 Å². The van der Waals surface area contributed by atoms with E-state index < -0.39 is 0 Å². The van der Waals surface area contributed by atoms with Gasteiger partial charge in [0.2, 0.25) is 5.95 Å². The Bertz CT molecular complexity index is 1240. The van der Waals surface area contributed by atoms with Crippen LogP contribution in [-0.4, -0.2) is 37.2 Å². The van der Waals surface area contributed by atoms with Crippen LogP contribution >= 0.6 is 0 Å². The lowest BCUT2D eigenvalue weighted by Crippen LogP contribution is -2.02. The molecule has 0 bridgehead atoms. The lowest BCUT2D eigenvalue weighted by molar-refractivity contribution is 1.12. The number of anilines is 3. The number of pyridine rings is 1. The quantitative estimate of drug-likeness (QED) is 0.391. The minimum absolute atomic E-state index is 0.508. The molecule has 0 atom stereocenters. The molecule has 4 N–H and O–H groups in total. The minimum Gasteiger partial charge on any atom is -0.372 e. The molecule has 1 aromatic carbocycles. The van der Waals surface area contributed by atoms with E-state index in [-0.39, 0.29) is 0 Å². The van der Waals surface area contributed by atoms with Gasteiger partial charge in [0.1, 0.15) is 11.5 Å². The first-order valence-electron chi connectivity index (χ1n) is 8.49. The Balaban J connectivity index is 1.58. The summed E-state index contributed by atoms with van der Waals surface area (Å²) in [7, 11) is 1.85. The summed E-state index contributed by atoms with van der Waals surface area (Å²) in [6.07, 6.45) is 7.28. The van der Waals surface area contributed by atoms with Crippen LogP contribution in [0.15, 0.2) is 55.1 Å². The molecule has 5 rings (SSSR count). The Morgan fingerprint density at radius 2 is 1.93 bits per heavy atom. The smallest absolute Gasteiger partial charge is 0.231 e. The molecule has 132 valence electrons. The number of nitrogens with zero attached hydrogens (tertiary/aromatic N) is 4. The van der Waals surface area contributed by atoms with Crippen LogP contribution < -0.4 is 10.6 Å². The van der Waals surface area contributed by atoms with Crippen molar-refractivity contribution in [3.63, 3.8) is 0 Å². The summed E-state index contributed by atoms with van der Waals surface area (Å²) in [6.45, 7) is 0. The predicted octanol–water partition coefficient (Wildman–Crippen LogP) is 3.68. The summed E-state index contributed by atoms with van der Waals surface area (Å²) in [5.41, 5.74) is 4.68. The third-order valence-corrected chi connectivity index (χ3v) is 4.46. The summed E-state index contributed by atoms with van der Waals surface area (Å²) in [5.74, 6) is 1.26. The minimum atomic E-state index is 0.508. The van der Waals surface area contributed by atoms with Gasteiger partial charge >= 0.3 is 0 Å². The van der Waals surface area contributed by atoms with Gasteiger partial charge in [-0.2, -0.15) is 15.1 Å². The molecule has 8 nitrogen and oxygen atoms in total. The van der Waals surface area contributed by atoms with E-state index in [0.717, 1.165) is 44.6 Å². The zero-order chi connectivity index (χ0) is 18.2. The predicted molar refractivity (Wildman–Crippen MR) is 106 cm³/mol. The van der Waals surface area contributed by atoms with E-state index >= 15 is 0 Å². The maximum absolute atomic E-state index is 4.65. The molecule has 0 fully saturated rings. The van der Waals surface area contributed by atoms with Gasteiger partial charge < -0.3 is 15.6 Å². The van der Waals surface area contributed by atoms with Crippen molar-refractivity contribution in [2.24, 2.45) is 0 Å². The molecule has 5 aromatic rings. The second kappa shape index (κ2) is 6.10. The molecule has 0 spiro atoms. The summed E-state index contributed by atoms with van der Waals surface area (Å²) >= 11 is 0. The first-order valence-corrected chi connectivity index (χ1v) is 8.49. The average molecular weight is 356 g/mol. The number of aromatic amines is 2. The van der Waals surface area contributed by atoms with Crippen LogP contribution in [0.3, 0.4) is 0 Å². The second-order valence-corrected chi connectivity index (χ2v) is 6.10. The van der Waals surface area contributed by atoms with E-state index in [4.69, 9.17) is 0 Å². The van der Waals surface area contributed by atoms with Gasteiger partial charge in [-0.05, 0) is 35.9 Å². The molecule has 0 aliphatic rings. The number of H-pyrrole nitrogens is 2. The van der Waals surface area contributed by atoms with E-state index in [2.05, 4.69) is 40.8 Å². The van der Waals surface area contributed by atoms with Crippen molar-refractivity contribution in [3.05, 3.63) is 55.1 Å². The molecule has 4 aromatic heterocycles. The third kappa shape index (κ3) is 2.63. The number of benzene rings is 1. The number of hydrogen-bond acceptors (Lipinski definition) is 6. The van der Waals surface area contributed by atoms with Crippen LogP contribution in [0.2, 0.25) is 0 Å². The maximum Gasteiger partial charge on any atom is 0.231 e. The highest BCUT2D eigenvalue weighted by Gasteiger charge is 2.14. The van der Waals surface area contributed by atoms with Gasteiger partial charge in [-0.1, -0.05) is 0 Å². The average Bonchev–Trinajstić information content (AvgIpc) is 3.34. The van der Waals surface area contributed by atoms with E-state index in [1.54, 1.807) is 18.6 Å². The molecule has 0 saturated heterocycles. The fourth-order valence-corrected chi connectivity index (χ4v) is 3.17. The Hall–Kier alpha value is -3.94. The molecule has 4 heterocycles. The Morgan fingerprint density at radius 3 is 2.78 bits per heavy atom. The number of nitrogens with one attached hydrogen (secondary N) is 4. The fourth-order valence-electron chi connectivity index (χ4n) is 3.17. The number of hydrogen-bond donors (Lipinski definition) is 4. The van der Waals surface area contributed by atoms with E-state index in [1.807, 2.05) is 43.6 Å². The molecule has 0 unspecified atom stereocenters. The molecule has 0 amide bonds. The lowest BCUT2D eigenvalue weighted by Gasteiger charge is -2.09. The van der Waals surface area contributed by atoms with Crippen molar-refractivity contribution in [2.45, 2.75) is 0 Å². The Morgan fingerprint density at radius 1 is 1.04 bits per heavy atom. The first-order chi connectivity index (χ1) is 13.3. The van der Waals surface area contributed by atoms with Crippen molar-refractivity contribution in [1.82, 2.24) is 30.1 Å². The molecular formula is C19H16N8. The standard InChI is InChI=1S/C19H16N8/c1-20-17-16-14(11-4-6-21-7-5-11)10-22-18(16)26-19(25-17)24-13-3-2-12-9-23-27-15(12)8-13/h2-10H,1H3,(H,23,27)(H3,20,22,24,25,26). The zero-order valence-corrected chi connectivity index (χ0v) is 14.5. The highest BCUT2D eigenvalue weighted by atomic mass is 15.2. The highest BCUT2D eigenvalue weighted by molar-refractivity contribution is 6.01. The van der Waals surface area contributed by atoms with Gasteiger partial charge in [0, 0.05) is 42.3 Å². The summed E-state index contributed by atoms with van der Waals surface area (Å²) in [4.78, 5) is 16.6. The van der Waals surface area contributed by atoms with Gasteiger partial charge in [-0.25, -0.2) is 0 Å². The van der Waals surface area contributed by atoms with Crippen molar-refractivity contribution < 1.29 is 0 Å². The largest absolute Gasteiger partial charge is 0.372 e. The summed E-state index contributed by atoms with van der Waals surface area (Å²) < 4.78 is 0. The van der Waals surface area contributed by atoms with E-state index in [9.17, 15) is 0 Å². The van der Waals surface area contributed by atoms with E-state index in [0.29, 0.717) is 5.95 Å². The van der Waals surface area contributed by atoms with Crippen molar-refractivity contribution >= 4 is 39.4 Å². The van der Waals surface area contributed by atoms with Gasteiger partial charge in [0.25, 0.3) is 0 Å². The number of fused-ring (bicyclic) bond motifs is 2. The monoisotopic (exact) mass is 356 g/mol. The SMILES string of the molecule is CNc1nc(Nc2ccc3cn[nH]c3c2)nc2[nH]cc(-c3ccncc3)c12. The molecule has 8 heteroatoms. The topological polar surface area (TPSA) is 107 Å². The Labute approximate surface area is 154 Å². The van der Waals surface area contributed by atoms with Gasteiger partial charge in [0.05, 0.1) is 17.1 Å². The van der Waals surface area contributed by atoms with Crippen molar-refractivity contribution in [2.75, 3.05) is 17.7 Å². The second-order valence-electron chi connectivity index (χ2n) is 6.10. The maximum atomic E-state index is 4.65. The normalized spacial score (nSPS) is 11.1. The summed E-state index contributed by atoms with van der Waals surface area (Å²) in [5, 5.41) is 15.4. The van der Waals surface area contributed by atoms with Crippen LogP contribution in [0.25, 0.3) is 33.1 Å². The molecular weight excluding hydrogens is 340 g/mol. The molecule has 27 heavy (non-hydrogen) atoms. The lowest BCUT2D eigenvalue weighted by atomic mass is 10.1. The molecule has 0 radical (unpaired) electrons. The van der Waals surface area contributed by atoms with Gasteiger partial charge in [-0.3, -0.25) is 10.1 Å². The Kier molecular flexibility index (Phi) is 3.46. The third-order valence-electron chi connectivity index (χ3n) is 4.46. The van der Waals surface area contributed by atoms with E-state index in [1.165, 1.54) is 0 Å². The molecule has 0 aliphatic carbocycles. The zero-order valence-electron chi connectivity index (χ0n) is 14.5. The molecule has 0 aliphatic heterocycles.